The van der Waals surface area contributed by atoms with Crippen LogP contribution in [0.25, 0.3) is 0 Å². The molecule has 1 aromatic rings. The van der Waals surface area contributed by atoms with Gasteiger partial charge < -0.3 is 9.72 Å². The van der Waals surface area contributed by atoms with E-state index in [0.717, 1.165) is 7.11 Å². The van der Waals surface area contributed by atoms with Gasteiger partial charge in [0.2, 0.25) is 0 Å². The number of nitrogens with one attached hydrogen (secondary N) is 1. The van der Waals surface area contributed by atoms with Crippen molar-refractivity contribution in [3.63, 3.8) is 0 Å². The van der Waals surface area contributed by atoms with E-state index >= 15 is 0 Å². The van der Waals surface area contributed by atoms with Gasteiger partial charge in [-0.15, -0.1) is 0 Å². The Labute approximate surface area is 104 Å². The number of hydrogen-bond donors (Lipinski definition) is 1. The number of aromatic amines is 1. The molecule has 1 atom stereocenters. The van der Waals surface area contributed by atoms with Gasteiger partial charge in [-0.3, -0.25) is 9.59 Å². The molecule has 0 amide bonds. The van der Waals surface area contributed by atoms with Crippen molar-refractivity contribution in [2.75, 3.05) is 7.11 Å². The summed E-state index contributed by atoms with van der Waals surface area (Å²) < 4.78 is 41.6. The quantitative estimate of drug-likeness (QED) is 0.516. The van der Waals surface area contributed by atoms with Crippen molar-refractivity contribution in [1.82, 2.24) is 9.97 Å². The summed E-state index contributed by atoms with van der Waals surface area (Å²) in [6.07, 6.45) is -4.71. The molecule has 100 valence electrons. The van der Waals surface area contributed by atoms with Gasteiger partial charge in [0.15, 0.2) is 10.9 Å². The Morgan fingerprint density at radius 2 is 2.17 bits per heavy atom. The van der Waals surface area contributed by atoms with Gasteiger partial charge in [0.1, 0.15) is 5.25 Å². The fraction of sp³-hybridized carbons (Fsp3) is 0.444. The van der Waals surface area contributed by atoms with Crippen LogP contribution in [0.1, 0.15) is 12.6 Å². The molecule has 0 aliphatic carbocycles. The Balaban J connectivity index is 3.01. The van der Waals surface area contributed by atoms with Crippen LogP contribution in [-0.4, -0.2) is 28.3 Å². The molecule has 1 heterocycles. The Hall–Kier alpha value is -1.51. The van der Waals surface area contributed by atoms with Crippen LogP contribution in [0.2, 0.25) is 0 Å². The highest BCUT2D eigenvalue weighted by atomic mass is 32.2. The summed E-state index contributed by atoms with van der Waals surface area (Å²) in [5, 5.41) is -1.06. The first-order valence-electron chi connectivity index (χ1n) is 4.67. The molecule has 0 aromatic carbocycles. The zero-order valence-electron chi connectivity index (χ0n) is 9.37. The summed E-state index contributed by atoms with van der Waals surface area (Å²) in [5.74, 6) is -0.625. The van der Waals surface area contributed by atoms with E-state index in [1.807, 2.05) is 0 Å². The van der Waals surface area contributed by atoms with Gasteiger partial charge in [-0.2, -0.15) is 13.2 Å². The van der Waals surface area contributed by atoms with Crippen LogP contribution in [0.4, 0.5) is 13.2 Å². The molecule has 0 saturated heterocycles. The molecule has 0 spiro atoms. The van der Waals surface area contributed by atoms with Crippen molar-refractivity contribution in [3.8, 4) is 0 Å². The number of aromatic nitrogens is 2. The molecule has 0 unspecified atom stereocenters. The van der Waals surface area contributed by atoms with E-state index in [9.17, 15) is 22.8 Å². The van der Waals surface area contributed by atoms with Crippen molar-refractivity contribution >= 4 is 17.7 Å². The molecule has 1 rings (SSSR count). The Bertz CT molecular complexity index is 501. The minimum absolute atomic E-state index is 0.285. The normalized spacial score (nSPS) is 13.2. The highest BCUT2D eigenvalue weighted by molar-refractivity contribution is 8.00. The van der Waals surface area contributed by atoms with E-state index in [0.29, 0.717) is 17.8 Å². The molecular formula is C9H9F3N2O3S. The van der Waals surface area contributed by atoms with Gasteiger partial charge in [-0.05, 0) is 6.92 Å². The SMILES string of the molecule is COC(=O)[C@@H](C)Sc1nc(C(F)(F)F)cc(=O)[nH]1. The fourth-order valence-electron chi connectivity index (χ4n) is 1.02. The summed E-state index contributed by atoms with van der Waals surface area (Å²) in [4.78, 5) is 27.5. The van der Waals surface area contributed by atoms with Crippen molar-refractivity contribution in [2.45, 2.75) is 23.5 Å². The molecule has 18 heavy (non-hydrogen) atoms. The molecule has 0 aliphatic heterocycles. The number of carbonyl (C=O) groups excluding carboxylic acids is 1. The summed E-state index contributed by atoms with van der Waals surface area (Å²) in [6, 6.07) is 0.354. The number of nitrogens with zero attached hydrogens (tertiary/aromatic N) is 1. The van der Waals surface area contributed by atoms with Crippen molar-refractivity contribution < 1.29 is 22.7 Å². The molecular weight excluding hydrogens is 273 g/mol. The van der Waals surface area contributed by atoms with Gasteiger partial charge in [0.05, 0.1) is 7.11 Å². The van der Waals surface area contributed by atoms with Crippen molar-refractivity contribution in [1.29, 1.82) is 0 Å². The second kappa shape index (κ2) is 5.42. The van der Waals surface area contributed by atoms with Crippen LogP contribution in [0.5, 0.6) is 0 Å². The second-order valence-corrected chi connectivity index (χ2v) is 4.55. The molecule has 0 bridgehead atoms. The lowest BCUT2D eigenvalue weighted by Gasteiger charge is -2.09. The van der Waals surface area contributed by atoms with Crippen LogP contribution >= 0.6 is 11.8 Å². The van der Waals surface area contributed by atoms with E-state index in [2.05, 4.69) is 14.7 Å². The van der Waals surface area contributed by atoms with E-state index in [1.165, 1.54) is 6.92 Å². The highest BCUT2D eigenvalue weighted by Gasteiger charge is 2.33. The number of esters is 1. The van der Waals surface area contributed by atoms with Crippen LogP contribution in [0, 0.1) is 0 Å². The van der Waals surface area contributed by atoms with Crippen LogP contribution in [0.3, 0.4) is 0 Å². The highest BCUT2D eigenvalue weighted by Crippen LogP contribution is 2.28. The first-order chi connectivity index (χ1) is 8.24. The topological polar surface area (TPSA) is 72.0 Å². The maximum Gasteiger partial charge on any atom is 0.433 e. The maximum atomic E-state index is 12.4. The van der Waals surface area contributed by atoms with E-state index < -0.39 is 28.6 Å². The first-order valence-corrected chi connectivity index (χ1v) is 5.55. The zero-order chi connectivity index (χ0) is 13.9. The molecule has 0 aliphatic rings. The molecule has 0 fully saturated rings. The van der Waals surface area contributed by atoms with Gasteiger partial charge in [-0.25, -0.2) is 4.98 Å². The molecule has 0 saturated carbocycles. The van der Waals surface area contributed by atoms with Crippen LogP contribution < -0.4 is 5.56 Å². The van der Waals surface area contributed by atoms with E-state index in [-0.39, 0.29) is 5.16 Å². The minimum atomic E-state index is -4.71. The standard InChI is InChI=1S/C9H9F3N2O3S/c1-4(7(16)17-2)18-8-13-5(9(10,11)12)3-6(15)14-8/h3-4H,1-2H3,(H,13,14,15)/t4-/m1/s1. The number of thioether (sulfide) groups is 1. The maximum absolute atomic E-state index is 12.4. The number of carbonyl (C=O) groups is 1. The number of alkyl halides is 3. The van der Waals surface area contributed by atoms with Crippen LogP contribution in [-0.2, 0) is 15.7 Å². The summed E-state index contributed by atoms with van der Waals surface area (Å²) in [5.41, 5.74) is -2.23. The zero-order valence-corrected chi connectivity index (χ0v) is 10.2. The molecule has 9 heteroatoms. The van der Waals surface area contributed by atoms with Crippen molar-refractivity contribution in [2.24, 2.45) is 0 Å². The third kappa shape index (κ3) is 3.76. The largest absolute Gasteiger partial charge is 0.468 e. The van der Waals surface area contributed by atoms with E-state index in [1.54, 1.807) is 0 Å². The van der Waals surface area contributed by atoms with Gasteiger partial charge in [0.25, 0.3) is 5.56 Å². The Morgan fingerprint density at radius 3 is 2.67 bits per heavy atom. The average molecular weight is 282 g/mol. The van der Waals surface area contributed by atoms with E-state index in [4.69, 9.17) is 0 Å². The summed E-state index contributed by atoms with van der Waals surface area (Å²) >= 11 is 0.679. The lowest BCUT2D eigenvalue weighted by molar-refractivity contribution is -0.141. The number of ether oxygens (including phenoxy) is 1. The minimum Gasteiger partial charge on any atom is -0.468 e. The predicted octanol–water partition coefficient (Wildman–Crippen LogP) is 1.44. The van der Waals surface area contributed by atoms with Crippen LogP contribution in [0.15, 0.2) is 16.0 Å². The number of halogens is 3. The lowest BCUT2D eigenvalue weighted by atomic mass is 10.4. The Kier molecular flexibility index (Phi) is 4.38. The smallest absolute Gasteiger partial charge is 0.433 e. The number of H-pyrrole nitrogens is 1. The second-order valence-electron chi connectivity index (χ2n) is 3.22. The monoisotopic (exact) mass is 282 g/mol. The molecule has 1 N–H and O–H groups in total. The summed E-state index contributed by atoms with van der Waals surface area (Å²) in [7, 11) is 1.15. The number of rotatable bonds is 3. The Morgan fingerprint density at radius 1 is 1.56 bits per heavy atom. The third-order valence-corrected chi connectivity index (χ3v) is 2.79. The number of methoxy groups -OCH3 is 1. The van der Waals surface area contributed by atoms with Crippen molar-refractivity contribution in [3.05, 3.63) is 22.1 Å². The molecule has 1 aromatic heterocycles. The number of hydrogen-bond acceptors (Lipinski definition) is 5. The third-order valence-electron chi connectivity index (χ3n) is 1.83. The lowest BCUT2D eigenvalue weighted by Crippen LogP contribution is -2.19. The first kappa shape index (κ1) is 14.6. The predicted molar refractivity (Wildman–Crippen MR) is 57.2 cm³/mol. The van der Waals surface area contributed by atoms with Gasteiger partial charge >= 0.3 is 12.1 Å². The average Bonchev–Trinajstić information content (AvgIpc) is 2.25. The van der Waals surface area contributed by atoms with Gasteiger partial charge in [-0.1, -0.05) is 11.8 Å². The van der Waals surface area contributed by atoms with Gasteiger partial charge in [0, 0.05) is 6.07 Å². The summed E-state index contributed by atoms with van der Waals surface area (Å²) in [6.45, 7) is 1.43. The molecule has 5 nitrogen and oxygen atoms in total. The fourth-order valence-corrected chi connectivity index (χ4v) is 1.86. The molecule has 0 radical (unpaired) electrons.